The van der Waals surface area contributed by atoms with E-state index < -0.39 is 23.4 Å². The first-order chi connectivity index (χ1) is 12.8. The van der Waals surface area contributed by atoms with E-state index in [4.69, 9.17) is 4.74 Å². The molecule has 1 heterocycles. The molecule has 0 fully saturated rings. The quantitative estimate of drug-likeness (QED) is 0.388. The fourth-order valence-corrected chi connectivity index (χ4v) is 3.50. The van der Waals surface area contributed by atoms with Gasteiger partial charge in [-0.3, -0.25) is 0 Å². The van der Waals surface area contributed by atoms with Gasteiger partial charge in [0.05, 0.1) is 16.7 Å². The molecule has 140 valence electrons. The van der Waals surface area contributed by atoms with Crippen molar-refractivity contribution in [1.29, 1.82) is 0 Å². The second kappa shape index (κ2) is 9.89. The van der Waals surface area contributed by atoms with Crippen LogP contribution in [0.25, 0.3) is 0 Å². The number of thiazole rings is 1. The molecule has 3 rings (SSSR count). The van der Waals surface area contributed by atoms with Crippen molar-refractivity contribution < 1.29 is 57.4 Å². The van der Waals surface area contributed by atoms with Gasteiger partial charge in [-0.25, -0.2) is 18.2 Å². The van der Waals surface area contributed by atoms with Gasteiger partial charge in [0.25, 0.3) is 0 Å². The zero-order valence-corrected chi connectivity index (χ0v) is 18.9. The minimum Gasteiger partial charge on any atom is -0.543 e. The Morgan fingerprint density at radius 1 is 1.11 bits per heavy atom. The van der Waals surface area contributed by atoms with E-state index in [1.165, 1.54) is 5.38 Å². The number of benzene rings is 2. The summed E-state index contributed by atoms with van der Waals surface area (Å²) in [4.78, 5) is 14.8. The predicted molar refractivity (Wildman–Crippen MR) is 94.0 cm³/mol. The number of carbonyl (C=O) groups is 1. The van der Waals surface area contributed by atoms with Crippen LogP contribution in [0.1, 0.15) is 26.6 Å². The zero-order chi connectivity index (χ0) is 19.6. The van der Waals surface area contributed by atoms with Gasteiger partial charge in [0.2, 0.25) is 0 Å². The number of aromatic nitrogens is 1. The van der Waals surface area contributed by atoms with Crippen LogP contribution < -0.4 is 39.4 Å². The number of halogens is 4. The van der Waals surface area contributed by atoms with Crippen LogP contribution in [0, 0.1) is 17.5 Å². The van der Waals surface area contributed by atoms with E-state index in [2.05, 4.69) is 20.9 Å². The minimum atomic E-state index is -1.36. The number of carbonyl (C=O) groups excluding carboxylic acids is 1. The van der Waals surface area contributed by atoms with Gasteiger partial charge >= 0.3 is 29.6 Å². The molecule has 4 nitrogen and oxygen atoms in total. The van der Waals surface area contributed by atoms with Gasteiger partial charge in [-0.2, -0.15) is 0 Å². The molecule has 3 aromatic rings. The monoisotopic (exact) mass is 479 g/mol. The maximum absolute atomic E-state index is 13.8. The summed E-state index contributed by atoms with van der Waals surface area (Å²) in [5.41, 5.74) is 0.374. The smallest absolute Gasteiger partial charge is 0.543 e. The molecule has 10 heteroatoms. The summed E-state index contributed by atoms with van der Waals surface area (Å²) in [6.45, 7) is -0.306. The van der Waals surface area contributed by atoms with Crippen LogP contribution >= 0.6 is 27.3 Å². The average molecular weight is 480 g/mol. The first-order valence-corrected chi connectivity index (χ1v) is 9.21. The van der Waals surface area contributed by atoms with Crippen molar-refractivity contribution in [2.45, 2.75) is 13.0 Å². The molecule has 0 aliphatic rings. The molecule has 0 N–H and O–H groups in total. The van der Waals surface area contributed by atoms with Gasteiger partial charge in [0.15, 0.2) is 11.6 Å². The van der Waals surface area contributed by atoms with E-state index in [1.54, 1.807) is 18.2 Å². The van der Waals surface area contributed by atoms with Crippen molar-refractivity contribution in [3.8, 4) is 5.75 Å². The molecule has 0 atom stereocenters. The molecule has 0 spiro atoms. The standard InChI is InChI=1S/C18H11BrF3NO3S.Na/c19-11-1-2-16(26-7-10-4-13(21)14(22)6-12(10)20)9(3-11)5-17-23-15(8-27-17)18(24)25;/h1-4,6,8H,5,7H2,(H,24,25);/q;+1/p-1. The summed E-state index contributed by atoms with van der Waals surface area (Å²) < 4.78 is 46.4. The number of carboxylic acids is 1. The summed E-state index contributed by atoms with van der Waals surface area (Å²) in [6, 6.07) is 6.29. The van der Waals surface area contributed by atoms with Gasteiger partial charge in [-0.05, 0) is 24.3 Å². The Morgan fingerprint density at radius 2 is 1.82 bits per heavy atom. The SMILES string of the molecule is O=C([O-])c1csc(Cc2cc(Br)ccc2OCc2cc(F)c(F)cc2F)n1.[Na+]. The van der Waals surface area contributed by atoms with Crippen molar-refractivity contribution in [3.05, 3.63) is 79.5 Å². The maximum Gasteiger partial charge on any atom is 1.00 e. The number of hydrogen-bond acceptors (Lipinski definition) is 5. The fourth-order valence-electron chi connectivity index (χ4n) is 2.31. The topological polar surface area (TPSA) is 62.2 Å². The summed E-state index contributed by atoms with van der Waals surface area (Å²) in [7, 11) is 0. The average Bonchev–Trinajstić information content (AvgIpc) is 3.07. The van der Waals surface area contributed by atoms with Crippen LogP contribution in [0.15, 0.2) is 40.2 Å². The van der Waals surface area contributed by atoms with E-state index in [0.717, 1.165) is 21.9 Å². The maximum atomic E-state index is 13.8. The van der Waals surface area contributed by atoms with E-state index >= 15 is 0 Å². The van der Waals surface area contributed by atoms with Gasteiger partial charge in [0.1, 0.15) is 18.2 Å². The number of ether oxygens (including phenoxy) is 1. The van der Waals surface area contributed by atoms with E-state index in [1.807, 2.05) is 0 Å². The molecular weight excluding hydrogens is 470 g/mol. The Kier molecular flexibility index (Phi) is 8.08. The second-order valence-electron chi connectivity index (χ2n) is 5.49. The van der Waals surface area contributed by atoms with Crippen LogP contribution in [0.4, 0.5) is 13.2 Å². The van der Waals surface area contributed by atoms with Gasteiger partial charge < -0.3 is 14.6 Å². The molecule has 0 aliphatic carbocycles. The summed E-state index contributed by atoms with van der Waals surface area (Å²) in [6.07, 6.45) is 0.271. The molecule has 0 saturated heterocycles. The summed E-state index contributed by atoms with van der Waals surface area (Å²) in [5, 5.41) is 12.7. The van der Waals surface area contributed by atoms with Gasteiger partial charge in [-0.15, -0.1) is 11.3 Å². The third-order valence-electron chi connectivity index (χ3n) is 3.60. The molecular formula is C18H10BrF3NNaO3S. The van der Waals surface area contributed by atoms with Crippen LogP contribution in [-0.4, -0.2) is 11.0 Å². The Labute approximate surface area is 192 Å². The van der Waals surface area contributed by atoms with Crippen LogP contribution in [0.2, 0.25) is 0 Å². The third-order valence-corrected chi connectivity index (χ3v) is 4.94. The van der Waals surface area contributed by atoms with Crippen LogP contribution in [-0.2, 0) is 13.0 Å². The molecule has 0 aliphatic heterocycles. The Hall–Kier alpha value is -1.39. The van der Waals surface area contributed by atoms with Crippen molar-refractivity contribution in [2.75, 3.05) is 0 Å². The van der Waals surface area contributed by atoms with Crippen LogP contribution in [0.5, 0.6) is 5.75 Å². The van der Waals surface area contributed by atoms with E-state index in [-0.39, 0.29) is 53.8 Å². The van der Waals surface area contributed by atoms with Crippen molar-refractivity contribution in [2.24, 2.45) is 0 Å². The fraction of sp³-hybridized carbons (Fsp3) is 0.111. The molecule has 0 bridgehead atoms. The first kappa shape index (κ1) is 22.9. The first-order valence-electron chi connectivity index (χ1n) is 7.54. The van der Waals surface area contributed by atoms with E-state index in [9.17, 15) is 23.1 Å². The van der Waals surface area contributed by atoms with Gasteiger partial charge in [0, 0.05) is 33.5 Å². The molecule has 0 unspecified atom stereocenters. The molecule has 0 radical (unpaired) electrons. The van der Waals surface area contributed by atoms with Crippen molar-refractivity contribution >= 4 is 33.2 Å². The Morgan fingerprint density at radius 3 is 2.50 bits per heavy atom. The van der Waals surface area contributed by atoms with E-state index in [0.29, 0.717) is 22.4 Å². The number of rotatable bonds is 6. The third kappa shape index (κ3) is 5.57. The number of nitrogens with zero attached hydrogens (tertiary/aromatic N) is 1. The normalized spacial score (nSPS) is 10.4. The van der Waals surface area contributed by atoms with Crippen LogP contribution in [0.3, 0.4) is 0 Å². The minimum absolute atomic E-state index is 0. The molecule has 0 saturated carbocycles. The molecule has 0 amide bonds. The predicted octanol–water partition coefficient (Wildman–Crippen LogP) is 0.860. The summed E-state index contributed by atoms with van der Waals surface area (Å²) >= 11 is 4.49. The molecule has 28 heavy (non-hydrogen) atoms. The second-order valence-corrected chi connectivity index (χ2v) is 7.35. The van der Waals surface area contributed by atoms with Gasteiger partial charge in [-0.1, -0.05) is 15.9 Å². The van der Waals surface area contributed by atoms with Crippen molar-refractivity contribution in [1.82, 2.24) is 4.98 Å². The number of aromatic carboxylic acids is 1. The molecule has 2 aromatic carbocycles. The van der Waals surface area contributed by atoms with Crippen molar-refractivity contribution in [3.63, 3.8) is 0 Å². The largest absolute Gasteiger partial charge is 1.00 e. The Balaban J connectivity index is 0.00000280. The number of carboxylic acid groups (broad SMARTS) is 1. The molecule has 1 aromatic heterocycles. The summed E-state index contributed by atoms with van der Waals surface area (Å²) in [5.74, 6) is -4.33. The number of hydrogen-bond donors (Lipinski definition) is 0. The zero-order valence-electron chi connectivity index (χ0n) is 14.5. The Bertz CT molecular complexity index is 1020.